The minimum absolute atomic E-state index is 0.0488. The molecule has 9 heteroatoms. The predicted octanol–water partition coefficient (Wildman–Crippen LogP) is -2.21. The molecule has 0 saturated heterocycles. The maximum atomic E-state index is 11.6. The van der Waals surface area contributed by atoms with Gasteiger partial charge < -0.3 is 21.9 Å². The predicted molar refractivity (Wildman–Crippen MR) is 69.7 cm³/mol. The fourth-order valence-corrected chi connectivity index (χ4v) is 1.50. The number of carbonyl (C=O) groups excluding carboxylic acids is 1. The van der Waals surface area contributed by atoms with Gasteiger partial charge in [0.2, 0.25) is 5.91 Å². The molecule has 0 spiro atoms. The van der Waals surface area contributed by atoms with E-state index in [4.69, 9.17) is 11.5 Å². The van der Waals surface area contributed by atoms with Crippen LogP contribution in [0.4, 0.5) is 11.5 Å². The second-order valence-electron chi connectivity index (χ2n) is 3.97. The number of rotatable bonds is 6. The summed E-state index contributed by atoms with van der Waals surface area (Å²) in [6, 6.07) is 0. The lowest BCUT2D eigenvalue weighted by Gasteiger charge is -2.14. The number of nitrogens with zero attached hydrogens (tertiary/aromatic N) is 1. The molecule has 1 heterocycles. The number of nitrogen functional groups attached to an aromatic ring is 1. The Morgan fingerprint density at radius 1 is 1.53 bits per heavy atom. The fraction of sp³-hybridized carbons (Fsp3) is 0.500. The molecule has 9 nitrogen and oxygen atoms in total. The van der Waals surface area contributed by atoms with Gasteiger partial charge in [0, 0.05) is 6.54 Å². The lowest BCUT2D eigenvalue weighted by atomic mass is 10.3. The highest BCUT2D eigenvalue weighted by Gasteiger charge is 2.15. The first-order chi connectivity index (χ1) is 8.88. The quantitative estimate of drug-likeness (QED) is 0.394. The van der Waals surface area contributed by atoms with Gasteiger partial charge in [-0.25, -0.2) is 4.79 Å². The third kappa shape index (κ3) is 3.35. The smallest absolute Gasteiger partial charge is 0.330 e. The van der Waals surface area contributed by atoms with Gasteiger partial charge in [0.05, 0.1) is 6.54 Å². The van der Waals surface area contributed by atoms with Crippen molar-refractivity contribution in [3.8, 4) is 0 Å². The number of hydrogen-bond donors (Lipinski definition) is 5. The number of carbonyl (C=O) groups is 1. The van der Waals surface area contributed by atoms with Crippen molar-refractivity contribution in [3.63, 3.8) is 0 Å². The van der Waals surface area contributed by atoms with E-state index in [2.05, 4.69) is 10.3 Å². The topological polar surface area (TPSA) is 156 Å². The molecular weight excluding hydrogens is 254 g/mol. The van der Waals surface area contributed by atoms with E-state index in [0.29, 0.717) is 13.0 Å². The van der Waals surface area contributed by atoms with E-state index in [1.165, 1.54) is 4.57 Å². The summed E-state index contributed by atoms with van der Waals surface area (Å²) < 4.78 is 1.19. The third-order valence-corrected chi connectivity index (χ3v) is 2.49. The van der Waals surface area contributed by atoms with Gasteiger partial charge in [-0.3, -0.25) is 19.1 Å². The van der Waals surface area contributed by atoms with Crippen LogP contribution >= 0.6 is 0 Å². The minimum Gasteiger partial charge on any atom is -0.383 e. The first-order valence-electron chi connectivity index (χ1n) is 5.72. The van der Waals surface area contributed by atoms with Crippen LogP contribution in [-0.2, 0) is 11.3 Å². The Labute approximate surface area is 108 Å². The Hall–Kier alpha value is -2.29. The van der Waals surface area contributed by atoms with Crippen molar-refractivity contribution >= 4 is 17.4 Å². The van der Waals surface area contributed by atoms with Crippen molar-refractivity contribution in [2.24, 2.45) is 5.73 Å². The van der Waals surface area contributed by atoms with E-state index in [1.54, 1.807) is 0 Å². The highest BCUT2D eigenvalue weighted by Crippen LogP contribution is 2.10. The maximum Gasteiger partial charge on any atom is 0.330 e. The summed E-state index contributed by atoms with van der Waals surface area (Å²) in [5.41, 5.74) is 9.19. The molecule has 1 aromatic heterocycles. The number of aliphatic hydroxyl groups is 1. The van der Waals surface area contributed by atoms with Crippen LogP contribution in [0.25, 0.3) is 0 Å². The summed E-state index contributed by atoms with van der Waals surface area (Å²) in [6.07, 6.45) is -0.801. The van der Waals surface area contributed by atoms with E-state index < -0.39 is 23.3 Å². The zero-order chi connectivity index (χ0) is 14.6. The van der Waals surface area contributed by atoms with E-state index in [9.17, 15) is 19.5 Å². The molecule has 0 saturated carbocycles. The summed E-state index contributed by atoms with van der Waals surface area (Å²) in [6.45, 7) is 1.92. The summed E-state index contributed by atoms with van der Waals surface area (Å²) in [4.78, 5) is 35.9. The molecule has 1 atom stereocenters. The van der Waals surface area contributed by atoms with Gasteiger partial charge in [0.15, 0.2) is 0 Å². The van der Waals surface area contributed by atoms with Crippen LogP contribution in [0.3, 0.4) is 0 Å². The monoisotopic (exact) mass is 271 g/mol. The standard InChI is InChI=1S/C10H17N5O4/c1-2-3-15-7(11)6(9(18)14-10(15)19)13-4-5(16)8(12)17/h5,13,16H,2-4,11H2,1H3,(H2,12,17)(H,14,18,19). The number of H-pyrrole nitrogens is 1. The number of aliphatic hydroxyl groups excluding tert-OH is 1. The van der Waals surface area contributed by atoms with Gasteiger partial charge >= 0.3 is 5.69 Å². The molecule has 0 radical (unpaired) electrons. The van der Waals surface area contributed by atoms with Gasteiger partial charge in [-0.1, -0.05) is 6.92 Å². The lowest BCUT2D eigenvalue weighted by Crippen LogP contribution is -2.38. The number of anilines is 2. The zero-order valence-corrected chi connectivity index (χ0v) is 10.5. The summed E-state index contributed by atoms with van der Waals surface area (Å²) >= 11 is 0. The van der Waals surface area contributed by atoms with Crippen LogP contribution in [0.1, 0.15) is 13.3 Å². The highest BCUT2D eigenvalue weighted by atomic mass is 16.3. The Morgan fingerprint density at radius 3 is 2.68 bits per heavy atom. The lowest BCUT2D eigenvalue weighted by molar-refractivity contribution is -0.125. The van der Waals surface area contributed by atoms with Crippen molar-refractivity contribution in [3.05, 3.63) is 20.8 Å². The first kappa shape index (κ1) is 14.8. The van der Waals surface area contributed by atoms with Crippen molar-refractivity contribution in [2.45, 2.75) is 26.0 Å². The maximum absolute atomic E-state index is 11.6. The van der Waals surface area contributed by atoms with Crippen LogP contribution in [0.2, 0.25) is 0 Å². The van der Waals surface area contributed by atoms with Crippen LogP contribution in [-0.4, -0.2) is 33.2 Å². The summed E-state index contributed by atoms with van der Waals surface area (Å²) in [7, 11) is 0. The second kappa shape index (κ2) is 6.05. The average molecular weight is 271 g/mol. The molecule has 1 unspecified atom stereocenters. The van der Waals surface area contributed by atoms with Gasteiger partial charge in [-0.15, -0.1) is 0 Å². The van der Waals surface area contributed by atoms with Crippen LogP contribution < -0.4 is 28.0 Å². The Bertz CT molecular complexity index is 576. The van der Waals surface area contributed by atoms with E-state index in [1.807, 2.05) is 6.92 Å². The van der Waals surface area contributed by atoms with Crippen LogP contribution in [0.5, 0.6) is 0 Å². The number of amides is 1. The summed E-state index contributed by atoms with van der Waals surface area (Å²) in [5, 5.41) is 11.7. The highest BCUT2D eigenvalue weighted by molar-refractivity contribution is 5.79. The minimum atomic E-state index is -1.45. The van der Waals surface area contributed by atoms with Gasteiger partial charge in [-0.2, -0.15) is 0 Å². The molecule has 0 bridgehead atoms. The van der Waals surface area contributed by atoms with E-state index in [-0.39, 0.29) is 18.1 Å². The van der Waals surface area contributed by atoms with Gasteiger partial charge in [-0.05, 0) is 6.42 Å². The summed E-state index contributed by atoms with van der Waals surface area (Å²) in [5.74, 6) is -0.975. The molecule has 0 aliphatic carbocycles. The Balaban J connectivity index is 3.07. The molecular formula is C10H17N5O4. The molecule has 1 aromatic rings. The number of primary amides is 1. The van der Waals surface area contributed by atoms with Gasteiger partial charge in [0.1, 0.15) is 17.6 Å². The van der Waals surface area contributed by atoms with Crippen LogP contribution in [0, 0.1) is 0 Å². The second-order valence-corrected chi connectivity index (χ2v) is 3.97. The first-order valence-corrected chi connectivity index (χ1v) is 5.72. The molecule has 7 N–H and O–H groups in total. The Morgan fingerprint density at radius 2 is 2.16 bits per heavy atom. The molecule has 0 fully saturated rings. The van der Waals surface area contributed by atoms with Crippen molar-refractivity contribution < 1.29 is 9.90 Å². The fourth-order valence-electron chi connectivity index (χ4n) is 1.50. The molecule has 0 aliphatic rings. The van der Waals surface area contributed by atoms with Crippen LogP contribution in [0.15, 0.2) is 9.59 Å². The Kier molecular flexibility index (Phi) is 4.70. The molecule has 1 rings (SSSR count). The number of nitrogens with one attached hydrogen (secondary N) is 2. The molecule has 0 aromatic carbocycles. The largest absolute Gasteiger partial charge is 0.383 e. The van der Waals surface area contributed by atoms with Gasteiger partial charge in [0.25, 0.3) is 5.56 Å². The van der Waals surface area contributed by atoms with E-state index >= 15 is 0 Å². The number of nitrogens with two attached hydrogens (primary N) is 2. The number of aromatic nitrogens is 2. The number of hydrogen-bond acceptors (Lipinski definition) is 6. The normalized spacial score (nSPS) is 12.1. The molecule has 19 heavy (non-hydrogen) atoms. The molecule has 106 valence electrons. The molecule has 1 amide bonds. The average Bonchev–Trinajstić information content (AvgIpc) is 2.33. The SMILES string of the molecule is CCCn1c(N)c(NCC(O)C(N)=O)c(=O)[nH]c1=O. The number of aromatic amines is 1. The van der Waals surface area contributed by atoms with Crippen molar-refractivity contribution in [1.29, 1.82) is 0 Å². The third-order valence-electron chi connectivity index (χ3n) is 2.49. The van der Waals surface area contributed by atoms with Crippen molar-refractivity contribution in [1.82, 2.24) is 9.55 Å². The van der Waals surface area contributed by atoms with E-state index in [0.717, 1.165) is 0 Å². The zero-order valence-electron chi connectivity index (χ0n) is 10.5. The molecule has 0 aliphatic heterocycles. The van der Waals surface area contributed by atoms with Crippen molar-refractivity contribution in [2.75, 3.05) is 17.6 Å².